The summed E-state index contributed by atoms with van der Waals surface area (Å²) in [6.07, 6.45) is 6.16. The number of piperazine rings is 1. The number of hydrogen-bond acceptors (Lipinski definition) is 7. The van der Waals surface area contributed by atoms with Crippen molar-refractivity contribution < 1.29 is 24.3 Å². The third-order valence-electron chi connectivity index (χ3n) is 11.9. The van der Waals surface area contributed by atoms with Gasteiger partial charge in [-0.1, -0.05) is 66.7 Å². The number of benzene rings is 3. The number of para-hydroxylation sites is 1. The minimum absolute atomic E-state index is 0.0219. The second kappa shape index (κ2) is 15.8. The van der Waals surface area contributed by atoms with Crippen LogP contribution in [0.3, 0.4) is 0 Å². The molecule has 0 saturated carbocycles. The summed E-state index contributed by atoms with van der Waals surface area (Å²) in [5.41, 5.74) is 4.06. The Labute approximate surface area is 327 Å². The van der Waals surface area contributed by atoms with E-state index >= 15 is 0 Å². The van der Waals surface area contributed by atoms with E-state index in [4.69, 9.17) is 0 Å². The fourth-order valence-electron chi connectivity index (χ4n) is 8.92. The van der Waals surface area contributed by atoms with E-state index in [-0.39, 0.29) is 62.6 Å². The molecule has 0 spiro atoms. The van der Waals surface area contributed by atoms with Gasteiger partial charge in [0.25, 0.3) is 5.91 Å². The highest BCUT2D eigenvalue weighted by molar-refractivity contribution is 6.07. The molecular formula is C43H50N8O5. The first-order valence-corrected chi connectivity index (χ1v) is 19.6. The van der Waals surface area contributed by atoms with Gasteiger partial charge >= 0.3 is 6.03 Å². The number of piperidine rings is 1. The predicted octanol–water partition coefficient (Wildman–Crippen LogP) is 3.93. The van der Waals surface area contributed by atoms with Gasteiger partial charge in [-0.15, -0.1) is 6.58 Å². The first kappa shape index (κ1) is 37.3. The van der Waals surface area contributed by atoms with E-state index in [1.54, 1.807) is 50.2 Å². The first-order chi connectivity index (χ1) is 27.2. The summed E-state index contributed by atoms with van der Waals surface area (Å²) in [7, 11) is 1.93. The third-order valence-corrected chi connectivity index (χ3v) is 11.9. The number of rotatable bonds is 10. The molecule has 2 atom stereocenters. The molecule has 4 aliphatic rings. The number of nitrogens with one attached hydrogen (secondary N) is 1. The summed E-state index contributed by atoms with van der Waals surface area (Å²) >= 11 is 0. The minimum Gasteiger partial charge on any atom is -0.508 e. The average molecular weight is 759 g/mol. The molecule has 0 aliphatic carbocycles. The van der Waals surface area contributed by atoms with Gasteiger partial charge in [-0.05, 0) is 61.2 Å². The number of urea groups is 1. The van der Waals surface area contributed by atoms with Crippen molar-refractivity contribution in [2.24, 2.45) is 7.05 Å². The number of aryl methyl sites for hydroxylation is 1. The number of carbonyl (C=O) groups excluding carboxylic acids is 4. The van der Waals surface area contributed by atoms with Crippen LogP contribution in [-0.2, 0) is 36.1 Å². The summed E-state index contributed by atoms with van der Waals surface area (Å²) in [4.78, 5) is 64.8. The number of hydrogen-bond donors (Lipinski definition) is 2. The summed E-state index contributed by atoms with van der Waals surface area (Å²) in [6, 6.07) is 21.3. The van der Waals surface area contributed by atoms with Crippen LogP contribution in [0.15, 0.2) is 91.6 Å². The van der Waals surface area contributed by atoms with Crippen LogP contribution in [0.25, 0.3) is 10.9 Å². The zero-order valence-corrected chi connectivity index (χ0v) is 31.9. The van der Waals surface area contributed by atoms with Crippen LogP contribution >= 0.6 is 0 Å². The van der Waals surface area contributed by atoms with Gasteiger partial charge in [0, 0.05) is 63.8 Å². The molecule has 4 aromatic rings. The molecule has 292 valence electrons. The number of amides is 5. The SMILES string of the molecule is C=CCN1CC(=O)N2[C@@H](Cc3ccc(O)cc3)C(=O)N(Cc3cccc4c(C(=O)N5CCC(N6CCC6)CC5)cn(C)c34)C[C@@H]2N1C(=O)NCc1ccccc1. The number of likely N-dealkylation sites (tertiary alicyclic amines) is 2. The Balaban J connectivity index is 1.10. The highest BCUT2D eigenvalue weighted by Crippen LogP contribution is 2.33. The van der Waals surface area contributed by atoms with E-state index < -0.39 is 18.2 Å². The Hall–Kier alpha value is -5.66. The topological polar surface area (TPSA) is 125 Å². The molecule has 8 rings (SSSR count). The molecular weight excluding hydrogens is 709 g/mol. The molecule has 4 aliphatic heterocycles. The van der Waals surface area contributed by atoms with Crippen molar-refractivity contribution in [2.45, 2.75) is 57.0 Å². The highest BCUT2D eigenvalue weighted by atomic mass is 16.3. The Morgan fingerprint density at radius 2 is 1.68 bits per heavy atom. The molecule has 0 unspecified atom stereocenters. The fourth-order valence-corrected chi connectivity index (χ4v) is 8.92. The molecule has 4 fully saturated rings. The summed E-state index contributed by atoms with van der Waals surface area (Å²) < 4.78 is 1.97. The molecule has 5 amide bonds. The Morgan fingerprint density at radius 3 is 2.38 bits per heavy atom. The number of aromatic hydroxyl groups is 1. The molecule has 0 radical (unpaired) electrons. The fraction of sp³-hybridized carbons (Fsp3) is 0.395. The third kappa shape index (κ3) is 7.24. The van der Waals surface area contributed by atoms with Crippen LogP contribution in [0.2, 0.25) is 0 Å². The van der Waals surface area contributed by atoms with Crippen molar-refractivity contribution in [2.75, 3.05) is 45.8 Å². The van der Waals surface area contributed by atoms with Gasteiger partial charge in [0.2, 0.25) is 11.8 Å². The van der Waals surface area contributed by atoms with E-state index in [2.05, 4.69) is 16.8 Å². The molecule has 5 heterocycles. The van der Waals surface area contributed by atoms with Crippen LogP contribution in [0.4, 0.5) is 4.79 Å². The Morgan fingerprint density at radius 1 is 0.929 bits per heavy atom. The lowest BCUT2D eigenvalue weighted by molar-refractivity contribution is -0.189. The van der Waals surface area contributed by atoms with Gasteiger partial charge in [-0.3, -0.25) is 14.4 Å². The molecule has 13 nitrogen and oxygen atoms in total. The van der Waals surface area contributed by atoms with E-state index in [1.807, 2.05) is 71.2 Å². The number of nitrogens with zero attached hydrogens (tertiary/aromatic N) is 7. The number of hydrazine groups is 1. The standard InChI is InChI=1S/C43H50N8O5/c1-3-19-49-29-39(53)50-37(24-30-13-15-34(52)16-14-30)42(55)48(28-38(50)51(49)43(56)44-25-31-9-5-4-6-10-31)26-32-11-7-12-35-36(27-45(2)40(32)35)41(54)47-22-17-33(18-23-47)46-20-8-21-46/h3-7,9-16,27,33,37-38,52H,1,8,17-26,28-29H2,2H3,(H,44,56)/t37-,38-/m0/s1. The molecule has 13 heteroatoms. The van der Waals surface area contributed by atoms with Crippen LogP contribution in [-0.4, -0.2) is 127 Å². The smallest absolute Gasteiger partial charge is 0.334 e. The lowest BCUT2D eigenvalue weighted by atomic mass is 9.97. The van der Waals surface area contributed by atoms with Crippen LogP contribution in [0.1, 0.15) is 46.3 Å². The molecule has 0 bridgehead atoms. The second-order valence-corrected chi connectivity index (χ2v) is 15.4. The maximum absolute atomic E-state index is 14.7. The highest BCUT2D eigenvalue weighted by Gasteiger charge is 2.51. The maximum Gasteiger partial charge on any atom is 0.334 e. The van der Waals surface area contributed by atoms with Gasteiger partial charge in [0.1, 0.15) is 18.0 Å². The first-order valence-electron chi connectivity index (χ1n) is 19.6. The Kier molecular flexibility index (Phi) is 10.5. The van der Waals surface area contributed by atoms with Crippen molar-refractivity contribution in [3.63, 3.8) is 0 Å². The van der Waals surface area contributed by atoms with Crippen molar-refractivity contribution in [1.29, 1.82) is 0 Å². The van der Waals surface area contributed by atoms with Gasteiger partial charge < -0.3 is 34.6 Å². The lowest BCUT2D eigenvalue weighted by Crippen LogP contribution is -2.76. The molecule has 2 N–H and O–H groups in total. The minimum atomic E-state index is -0.912. The Bertz CT molecular complexity index is 2110. The number of aromatic nitrogens is 1. The average Bonchev–Trinajstić information content (AvgIpc) is 3.53. The van der Waals surface area contributed by atoms with Gasteiger partial charge in [0.05, 0.1) is 24.2 Å². The van der Waals surface area contributed by atoms with Gasteiger partial charge in [-0.2, -0.15) is 0 Å². The van der Waals surface area contributed by atoms with Crippen molar-refractivity contribution in [3.05, 3.63) is 114 Å². The zero-order chi connectivity index (χ0) is 38.9. The lowest BCUT2D eigenvalue weighted by Gasteiger charge is -2.55. The molecule has 56 heavy (non-hydrogen) atoms. The number of phenols is 1. The second-order valence-electron chi connectivity index (χ2n) is 15.4. The molecule has 3 aromatic carbocycles. The van der Waals surface area contributed by atoms with Crippen LogP contribution < -0.4 is 5.32 Å². The van der Waals surface area contributed by atoms with Crippen LogP contribution in [0, 0.1) is 0 Å². The largest absolute Gasteiger partial charge is 0.508 e. The summed E-state index contributed by atoms with van der Waals surface area (Å²) in [6.45, 7) is 8.37. The number of carbonyl (C=O) groups is 4. The van der Waals surface area contributed by atoms with Crippen LogP contribution in [0.5, 0.6) is 5.75 Å². The van der Waals surface area contributed by atoms with Gasteiger partial charge in [0.15, 0.2) is 0 Å². The van der Waals surface area contributed by atoms with Crippen molar-refractivity contribution in [3.8, 4) is 5.75 Å². The number of fused-ring (bicyclic) bond motifs is 2. The van der Waals surface area contributed by atoms with E-state index in [9.17, 15) is 24.3 Å². The van der Waals surface area contributed by atoms with Crippen molar-refractivity contribution >= 4 is 34.7 Å². The number of phenolic OH excluding ortho intramolecular Hbond substituents is 1. The zero-order valence-electron chi connectivity index (χ0n) is 31.9. The van der Waals surface area contributed by atoms with E-state index in [0.29, 0.717) is 11.6 Å². The normalized spacial score (nSPS) is 20.9. The molecule has 1 aromatic heterocycles. The van der Waals surface area contributed by atoms with Gasteiger partial charge in [-0.25, -0.2) is 14.8 Å². The van der Waals surface area contributed by atoms with E-state index in [0.717, 1.165) is 66.6 Å². The summed E-state index contributed by atoms with van der Waals surface area (Å²) in [5, 5.41) is 17.1. The van der Waals surface area contributed by atoms with Crippen molar-refractivity contribution in [1.82, 2.24) is 39.5 Å². The van der Waals surface area contributed by atoms with E-state index in [1.165, 1.54) is 6.42 Å². The molecule has 4 saturated heterocycles. The quantitative estimate of drug-likeness (QED) is 0.235. The monoisotopic (exact) mass is 758 g/mol. The predicted molar refractivity (Wildman–Crippen MR) is 212 cm³/mol. The summed E-state index contributed by atoms with van der Waals surface area (Å²) in [5.74, 6) is -0.378. The maximum atomic E-state index is 14.7.